The summed E-state index contributed by atoms with van der Waals surface area (Å²) in [5, 5.41) is 4.83. The lowest BCUT2D eigenvalue weighted by atomic mass is 10.3. The highest BCUT2D eigenvalue weighted by Gasteiger charge is 2.22. The third kappa shape index (κ3) is 6.27. The van der Waals surface area contributed by atoms with Crippen molar-refractivity contribution in [3.8, 4) is 0 Å². The number of nitrogens with one attached hydrogen (secondary N) is 1. The second-order valence-corrected chi connectivity index (χ2v) is 9.94. The molecule has 1 aromatic carbocycles. The van der Waals surface area contributed by atoms with Crippen LogP contribution in [-0.2, 0) is 27.9 Å². The van der Waals surface area contributed by atoms with Gasteiger partial charge in [0.1, 0.15) is 5.76 Å². The lowest BCUT2D eigenvalue weighted by Gasteiger charge is -2.21. The molecule has 1 N–H and O–H groups in total. The van der Waals surface area contributed by atoms with Crippen molar-refractivity contribution >= 4 is 33.0 Å². The molecule has 0 aliphatic heterocycles. The van der Waals surface area contributed by atoms with Crippen molar-refractivity contribution in [3.63, 3.8) is 0 Å². The number of furan rings is 1. The highest BCUT2D eigenvalue weighted by Crippen LogP contribution is 2.20. The molecule has 0 radical (unpaired) electrons. The van der Waals surface area contributed by atoms with E-state index in [0.29, 0.717) is 31.9 Å². The number of hydrogen-bond donors (Lipinski definition) is 1. The fraction of sp³-hybridized carbons (Fsp3) is 0.318. The minimum Gasteiger partial charge on any atom is -0.468 e. The van der Waals surface area contributed by atoms with Crippen molar-refractivity contribution < 1.29 is 17.6 Å². The molecule has 9 heteroatoms. The maximum atomic E-state index is 12.8. The van der Waals surface area contributed by atoms with Crippen LogP contribution in [0.2, 0.25) is 0 Å². The maximum absolute atomic E-state index is 12.8. The molecule has 166 valence electrons. The summed E-state index contributed by atoms with van der Waals surface area (Å²) in [5.74, 6) is 0.553. The molecule has 1 amide bonds. The number of carbonyl (C=O) groups excluding carboxylic acids is 1. The monoisotopic (exact) mass is 461 g/mol. The van der Waals surface area contributed by atoms with Crippen LogP contribution in [0, 0.1) is 0 Å². The van der Waals surface area contributed by atoms with Crippen LogP contribution in [0.4, 0.5) is 5.69 Å². The number of sulfonamides is 1. The van der Waals surface area contributed by atoms with Crippen LogP contribution in [0.25, 0.3) is 0 Å². The summed E-state index contributed by atoms with van der Waals surface area (Å²) in [6.45, 7) is 5.63. The number of carbonyl (C=O) groups is 1. The normalized spacial score (nSPS) is 11.9. The third-order valence-corrected chi connectivity index (χ3v) is 7.65. The van der Waals surface area contributed by atoms with Gasteiger partial charge in [-0.3, -0.25) is 9.69 Å². The molecular weight excluding hydrogens is 434 g/mol. The van der Waals surface area contributed by atoms with Gasteiger partial charge in [-0.05, 0) is 41.8 Å². The fourth-order valence-electron chi connectivity index (χ4n) is 3.26. The van der Waals surface area contributed by atoms with Gasteiger partial charge in [0.25, 0.3) is 0 Å². The summed E-state index contributed by atoms with van der Waals surface area (Å²) in [7, 11) is -3.59. The van der Waals surface area contributed by atoms with Crippen molar-refractivity contribution in [1.29, 1.82) is 0 Å². The van der Waals surface area contributed by atoms with Crippen LogP contribution in [0.1, 0.15) is 24.5 Å². The van der Waals surface area contributed by atoms with Crippen molar-refractivity contribution in [2.75, 3.05) is 25.0 Å². The average Bonchev–Trinajstić information content (AvgIpc) is 3.43. The van der Waals surface area contributed by atoms with Crippen LogP contribution in [0.3, 0.4) is 0 Å². The van der Waals surface area contributed by atoms with Crippen LogP contribution in [0.5, 0.6) is 0 Å². The summed E-state index contributed by atoms with van der Waals surface area (Å²) in [6.07, 6.45) is 1.61. The van der Waals surface area contributed by atoms with Crippen molar-refractivity contribution in [2.24, 2.45) is 0 Å². The Morgan fingerprint density at radius 1 is 1.06 bits per heavy atom. The lowest BCUT2D eigenvalue weighted by molar-refractivity contribution is -0.117. The Labute approximate surface area is 187 Å². The Hall–Kier alpha value is -2.46. The average molecular weight is 462 g/mol. The number of rotatable bonds is 11. The molecule has 0 aliphatic rings. The second kappa shape index (κ2) is 10.7. The zero-order valence-corrected chi connectivity index (χ0v) is 19.3. The predicted octanol–water partition coefficient (Wildman–Crippen LogP) is 4.01. The van der Waals surface area contributed by atoms with Gasteiger partial charge in [0, 0.05) is 30.2 Å². The number of amides is 1. The number of anilines is 1. The van der Waals surface area contributed by atoms with Gasteiger partial charge in [0.2, 0.25) is 15.9 Å². The van der Waals surface area contributed by atoms with E-state index in [1.165, 1.54) is 10.4 Å². The molecule has 2 heterocycles. The lowest BCUT2D eigenvalue weighted by Crippen LogP contribution is -2.32. The smallest absolute Gasteiger partial charge is 0.243 e. The van der Waals surface area contributed by atoms with Crippen LogP contribution in [-0.4, -0.2) is 43.2 Å². The quantitative estimate of drug-likeness (QED) is 0.466. The second-order valence-electron chi connectivity index (χ2n) is 6.97. The molecule has 0 bridgehead atoms. The summed E-state index contributed by atoms with van der Waals surface area (Å²) in [6, 6.07) is 14.1. The van der Waals surface area contributed by atoms with Gasteiger partial charge < -0.3 is 9.73 Å². The standard InChI is InChI=1S/C22H27N3O4S2/c1-3-25(4-2)31(27,28)21-11-5-8-18(14-21)23-22(26)17-24(15-19-9-6-12-29-19)16-20-10-7-13-30-20/h5-14H,3-4,15-17H2,1-2H3,(H,23,26). The van der Waals surface area contributed by atoms with Gasteiger partial charge in [-0.1, -0.05) is 26.0 Å². The zero-order chi connectivity index (χ0) is 22.3. The van der Waals surface area contributed by atoms with Gasteiger partial charge in [-0.25, -0.2) is 8.42 Å². The Morgan fingerprint density at radius 3 is 2.52 bits per heavy atom. The van der Waals surface area contributed by atoms with E-state index in [2.05, 4.69) is 5.32 Å². The first kappa shape index (κ1) is 23.2. The van der Waals surface area contributed by atoms with E-state index in [9.17, 15) is 13.2 Å². The molecule has 31 heavy (non-hydrogen) atoms. The molecule has 0 saturated heterocycles. The number of thiophene rings is 1. The zero-order valence-electron chi connectivity index (χ0n) is 17.7. The Balaban J connectivity index is 1.70. The Kier molecular flexibility index (Phi) is 8.03. The van der Waals surface area contributed by atoms with Crippen molar-refractivity contribution in [2.45, 2.75) is 31.8 Å². The third-order valence-electron chi connectivity index (χ3n) is 4.75. The highest BCUT2D eigenvalue weighted by atomic mass is 32.2. The van der Waals surface area contributed by atoms with E-state index in [1.54, 1.807) is 49.6 Å². The number of hydrogen-bond acceptors (Lipinski definition) is 6. The molecule has 3 aromatic rings. The SMILES string of the molecule is CCN(CC)S(=O)(=O)c1cccc(NC(=O)CN(Cc2ccco2)Cc2cccs2)c1. The van der Waals surface area contributed by atoms with E-state index in [-0.39, 0.29) is 17.3 Å². The minimum atomic E-state index is -3.59. The summed E-state index contributed by atoms with van der Waals surface area (Å²) >= 11 is 1.63. The minimum absolute atomic E-state index is 0.144. The topological polar surface area (TPSA) is 82.9 Å². The first-order valence-electron chi connectivity index (χ1n) is 10.1. The van der Waals surface area contributed by atoms with E-state index < -0.39 is 10.0 Å². The first-order chi connectivity index (χ1) is 14.9. The van der Waals surface area contributed by atoms with Gasteiger partial charge >= 0.3 is 0 Å². The van der Waals surface area contributed by atoms with E-state index in [0.717, 1.165) is 10.6 Å². The predicted molar refractivity (Wildman–Crippen MR) is 122 cm³/mol. The van der Waals surface area contributed by atoms with Crippen LogP contribution in [0.15, 0.2) is 69.5 Å². The molecule has 0 fully saturated rings. The molecule has 0 aliphatic carbocycles. The molecule has 0 saturated carbocycles. The van der Waals surface area contributed by atoms with Crippen molar-refractivity contribution in [1.82, 2.24) is 9.21 Å². The van der Waals surface area contributed by atoms with E-state index in [4.69, 9.17) is 4.42 Å². The van der Waals surface area contributed by atoms with E-state index in [1.807, 2.05) is 34.5 Å². The van der Waals surface area contributed by atoms with Gasteiger partial charge in [0.05, 0.1) is 24.2 Å². The number of benzene rings is 1. The highest BCUT2D eigenvalue weighted by molar-refractivity contribution is 7.89. The van der Waals surface area contributed by atoms with Crippen LogP contribution >= 0.6 is 11.3 Å². The summed E-state index contributed by atoms with van der Waals surface area (Å²) in [5.41, 5.74) is 0.451. The molecule has 0 spiro atoms. The van der Waals surface area contributed by atoms with Gasteiger partial charge in [-0.15, -0.1) is 11.3 Å². The molecule has 7 nitrogen and oxygen atoms in total. The largest absolute Gasteiger partial charge is 0.468 e. The van der Waals surface area contributed by atoms with Crippen LogP contribution < -0.4 is 5.32 Å². The van der Waals surface area contributed by atoms with Gasteiger partial charge in [-0.2, -0.15) is 4.31 Å². The maximum Gasteiger partial charge on any atom is 0.243 e. The first-order valence-corrected chi connectivity index (χ1v) is 12.4. The van der Waals surface area contributed by atoms with Crippen molar-refractivity contribution in [3.05, 3.63) is 70.8 Å². The number of nitrogens with zero attached hydrogens (tertiary/aromatic N) is 2. The van der Waals surface area contributed by atoms with Gasteiger partial charge in [0.15, 0.2) is 0 Å². The summed E-state index contributed by atoms with van der Waals surface area (Å²) < 4.78 is 32.4. The molecule has 3 rings (SSSR count). The van der Waals surface area contributed by atoms with E-state index >= 15 is 0 Å². The Morgan fingerprint density at radius 2 is 1.87 bits per heavy atom. The molecule has 2 aromatic heterocycles. The molecule has 0 unspecified atom stereocenters. The fourth-order valence-corrected chi connectivity index (χ4v) is 5.51. The Bertz CT molecular complexity index is 1020. The molecular formula is C22H27N3O4S2. The summed E-state index contributed by atoms with van der Waals surface area (Å²) in [4.78, 5) is 16.0. The molecule has 0 atom stereocenters.